The van der Waals surface area contributed by atoms with Crippen LogP contribution in [0.2, 0.25) is 0 Å². The van der Waals surface area contributed by atoms with E-state index in [9.17, 15) is 13.6 Å². The Morgan fingerprint density at radius 3 is 2.72 bits per heavy atom. The second-order valence-electron chi connectivity index (χ2n) is 7.21. The third-order valence-corrected chi connectivity index (χ3v) is 5.99. The van der Waals surface area contributed by atoms with E-state index in [1.165, 1.54) is 11.3 Å². The van der Waals surface area contributed by atoms with E-state index in [0.717, 1.165) is 26.4 Å². The second kappa shape index (κ2) is 8.46. The Morgan fingerprint density at radius 1 is 1.24 bits per heavy atom. The number of hydrogen-bond acceptors (Lipinski definition) is 6. The monoisotopic (exact) mass is 417 g/mol. The van der Waals surface area contributed by atoms with Crippen LogP contribution < -0.4 is 5.32 Å². The summed E-state index contributed by atoms with van der Waals surface area (Å²) in [6.45, 7) is 2.71. The van der Waals surface area contributed by atoms with Gasteiger partial charge in [-0.2, -0.15) is 0 Å². The van der Waals surface area contributed by atoms with Gasteiger partial charge in [0.25, 0.3) is 6.43 Å². The van der Waals surface area contributed by atoms with Crippen LogP contribution in [-0.4, -0.2) is 52.0 Å². The number of aromatic nitrogens is 3. The number of carbonyl (C=O) groups excluding carboxylic acids is 1. The first-order valence-electron chi connectivity index (χ1n) is 9.49. The van der Waals surface area contributed by atoms with Crippen molar-refractivity contribution in [2.24, 2.45) is 5.92 Å². The Morgan fingerprint density at radius 2 is 2.03 bits per heavy atom. The fourth-order valence-electron chi connectivity index (χ4n) is 3.56. The van der Waals surface area contributed by atoms with Crippen molar-refractivity contribution in [1.82, 2.24) is 20.1 Å². The topological polar surface area (TPSA) is 71.0 Å². The Kier molecular flexibility index (Phi) is 5.77. The summed E-state index contributed by atoms with van der Waals surface area (Å²) >= 11 is 1.53. The standard InChI is InChI=1S/C20H21F2N5OS/c1-12-25-26-20(29-12)14-2-3-15-10-23-18(9-16(15)8-14)24-19(28)13-4-6-27(7-5-13)11-17(21)22/h2-3,8-10,13,17H,4-7,11H2,1H3,(H,23,24,28). The second-order valence-corrected chi connectivity index (χ2v) is 8.39. The summed E-state index contributed by atoms with van der Waals surface area (Å²) < 4.78 is 25.0. The first kappa shape index (κ1) is 19.8. The van der Waals surface area contributed by atoms with E-state index in [1.807, 2.05) is 31.2 Å². The molecule has 0 saturated carbocycles. The van der Waals surface area contributed by atoms with E-state index in [0.29, 0.717) is 31.7 Å². The van der Waals surface area contributed by atoms with Gasteiger partial charge in [0.05, 0.1) is 6.54 Å². The minimum atomic E-state index is -2.34. The van der Waals surface area contributed by atoms with Gasteiger partial charge in [-0.1, -0.05) is 23.5 Å². The molecule has 1 amide bonds. The first-order chi connectivity index (χ1) is 14.0. The van der Waals surface area contributed by atoms with E-state index in [2.05, 4.69) is 20.5 Å². The van der Waals surface area contributed by atoms with Crippen LogP contribution in [0.4, 0.5) is 14.6 Å². The fourth-order valence-corrected chi connectivity index (χ4v) is 4.24. The molecule has 9 heteroatoms. The summed E-state index contributed by atoms with van der Waals surface area (Å²) in [5.41, 5.74) is 0.970. The molecule has 0 bridgehead atoms. The maximum atomic E-state index is 12.6. The van der Waals surface area contributed by atoms with E-state index in [1.54, 1.807) is 11.1 Å². The zero-order chi connectivity index (χ0) is 20.4. The lowest BCUT2D eigenvalue weighted by atomic mass is 9.96. The van der Waals surface area contributed by atoms with Gasteiger partial charge in [0.1, 0.15) is 15.8 Å². The van der Waals surface area contributed by atoms with E-state index >= 15 is 0 Å². The molecule has 1 saturated heterocycles. The number of hydrogen-bond donors (Lipinski definition) is 1. The van der Waals surface area contributed by atoms with Crippen LogP contribution in [0.25, 0.3) is 21.3 Å². The number of benzene rings is 1. The van der Waals surface area contributed by atoms with Gasteiger partial charge in [0.2, 0.25) is 5.91 Å². The fraction of sp³-hybridized carbons (Fsp3) is 0.400. The number of nitrogens with zero attached hydrogens (tertiary/aromatic N) is 4. The number of amides is 1. The van der Waals surface area contributed by atoms with Gasteiger partial charge in [0.15, 0.2) is 0 Å². The van der Waals surface area contributed by atoms with Crippen molar-refractivity contribution < 1.29 is 13.6 Å². The number of carbonyl (C=O) groups is 1. The Bertz CT molecular complexity index is 1020. The molecule has 0 aliphatic carbocycles. The molecule has 3 aromatic rings. The minimum Gasteiger partial charge on any atom is -0.310 e. The van der Waals surface area contributed by atoms with Crippen molar-refractivity contribution in [3.63, 3.8) is 0 Å². The number of alkyl halides is 2. The SMILES string of the molecule is Cc1nnc(-c2ccc3cnc(NC(=O)C4CCN(CC(F)F)CC4)cc3c2)s1. The van der Waals surface area contributed by atoms with Crippen LogP contribution in [0.1, 0.15) is 17.8 Å². The van der Waals surface area contributed by atoms with Crippen LogP contribution in [0, 0.1) is 12.8 Å². The molecule has 1 aliphatic heterocycles. The number of aryl methyl sites for hydroxylation is 1. The molecule has 6 nitrogen and oxygen atoms in total. The predicted octanol–water partition coefficient (Wildman–Crippen LogP) is 3.98. The molecule has 2 aromatic heterocycles. The Labute approximate surface area is 171 Å². The van der Waals surface area contributed by atoms with Crippen LogP contribution >= 0.6 is 11.3 Å². The van der Waals surface area contributed by atoms with Gasteiger partial charge < -0.3 is 5.32 Å². The third kappa shape index (κ3) is 4.73. The van der Waals surface area contributed by atoms with Crippen LogP contribution in [0.3, 0.4) is 0 Å². The highest BCUT2D eigenvalue weighted by molar-refractivity contribution is 7.14. The molecule has 1 N–H and O–H groups in total. The van der Waals surface area contributed by atoms with Gasteiger partial charge in [-0.05, 0) is 50.4 Å². The minimum absolute atomic E-state index is 0.107. The van der Waals surface area contributed by atoms with Crippen molar-refractivity contribution in [3.8, 4) is 10.6 Å². The maximum Gasteiger partial charge on any atom is 0.251 e. The number of halogens is 2. The van der Waals surface area contributed by atoms with Gasteiger partial charge in [0, 0.05) is 23.1 Å². The molecule has 4 rings (SSSR count). The van der Waals surface area contributed by atoms with Crippen molar-refractivity contribution >= 4 is 33.8 Å². The largest absolute Gasteiger partial charge is 0.310 e. The number of pyridine rings is 1. The summed E-state index contributed by atoms with van der Waals surface area (Å²) in [6, 6.07) is 7.81. The maximum absolute atomic E-state index is 12.6. The van der Waals surface area contributed by atoms with Gasteiger partial charge in [-0.3, -0.25) is 9.69 Å². The van der Waals surface area contributed by atoms with Crippen LogP contribution in [-0.2, 0) is 4.79 Å². The molecule has 1 fully saturated rings. The van der Waals surface area contributed by atoms with Crippen molar-refractivity contribution in [2.75, 3.05) is 25.0 Å². The average Bonchev–Trinajstić information content (AvgIpc) is 3.14. The molecule has 0 radical (unpaired) electrons. The molecule has 3 heterocycles. The third-order valence-electron chi connectivity index (χ3n) is 5.10. The molecule has 1 aromatic carbocycles. The highest BCUT2D eigenvalue weighted by Crippen LogP contribution is 2.28. The summed E-state index contributed by atoms with van der Waals surface area (Å²) in [7, 11) is 0. The summed E-state index contributed by atoms with van der Waals surface area (Å²) in [4.78, 5) is 18.6. The lowest BCUT2D eigenvalue weighted by molar-refractivity contribution is -0.121. The van der Waals surface area contributed by atoms with Crippen LogP contribution in [0.15, 0.2) is 30.5 Å². The van der Waals surface area contributed by atoms with E-state index in [4.69, 9.17) is 0 Å². The first-order valence-corrected chi connectivity index (χ1v) is 10.3. The normalized spacial score (nSPS) is 15.9. The Balaban J connectivity index is 1.44. The lowest BCUT2D eigenvalue weighted by Gasteiger charge is -2.30. The quantitative estimate of drug-likeness (QED) is 0.680. The van der Waals surface area contributed by atoms with Gasteiger partial charge >= 0.3 is 0 Å². The van der Waals surface area contributed by atoms with Gasteiger partial charge in [-0.25, -0.2) is 13.8 Å². The predicted molar refractivity (Wildman–Crippen MR) is 109 cm³/mol. The summed E-state index contributed by atoms with van der Waals surface area (Å²) in [6.07, 6.45) is 0.543. The van der Waals surface area contributed by atoms with E-state index < -0.39 is 6.43 Å². The van der Waals surface area contributed by atoms with Crippen molar-refractivity contribution in [1.29, 1.82) is 0 Å². The number of rotatable bonds is 5. The highest BCUT2D eigenvalue weighted by Gasteiger charge is 2.26. The molecular formula is C20H21F2N5OS. The number of likely N-dealkylation sites (tertiary alicyclic amines) is 1. The lowest BCUT2D eigenvalue weighted by Crippen LogP contribution is -2.40. The zero-order valence-corrected chi connectivity index (χ0v) is 16.8. The van der Waals surface area contributed by atoms with Crippen molar-refractivity contribution in [3.05, 3.63) is 35.5 Å². The molecule has 152 valence electrons. The highest BCUT2D eigenvalue weighted by atomic mass is 32.1. The van der Waals surface area contributed by atoms with E-state index in [-0.39, 0.29) is 18.4 Å². The number of anilines is 1. The zero-order valence-electron chi connectivity index (χ0n) is 15.9. The molecule has 0 spiro atoms. The Hall–Kier alpha value is -2.52. The van der Waals surface area contributed by atoms with Gasteiger partial charge in [-0.15, -0.1) is 10.2 Å². The van der Waals surface area contributed by atoms with Crippen molar-refractivity contribution in [2.45, 2.75) is 26.2 Å². The average molecular weight is 417 g/mol. The summed E-state index contributed by atoms with van der Waals surface area (Å²) in [5, 5.41) is 14.8. The summed E-state index contributed by atoms with van der Waals surface area (Å²) in [5.74, 6) is 0.199. The molecule has 0 atom stereocenters. The number of fused-ring (bicyclic) bond motifs is 1. The number of piperidine rings is 1. The molecule has 29 heavy (non-hydrogen) atoms. The molecule has 0 unspecified atom stereocenters. The smallest absolute Gasteiger partial charge is 0.251 e. The molecular weight excluding hydrogens is 396 g/mol. The molecule has 1 aliphatic rings. The number of nitrogens with one attached hydrogen (secondary N) is 1. The van der Waals surface area contributed by atoms with Crippen LogP contribution in [0.5, 0.6) is 0 Å².